The first-order chi connectivity index (χ1) is 11.4. The lowest BCUT2D eigenvalue weighted by Crippen LogP contribution is -2.31. The van der Waals surface area contributed by atoms with Gasteiger partial charge in [0.2, 0.25) is 10.0 Å². The number of nitrogens with one attached hydrogen (secondary N) is 2. The van der Waals surface area contributed by atoms with Crippen LogP contribution in [0, 0.1) is 0 Å². The highest BCUT2D eigenvalue weighted by Crippen LogP contribution is 2.28. The molecule has 0 spiro atoms. The van der Waals surface area contributed by atoms with E-state index in [0.29, 0.717) is 5.69 Å². The van der Waals surface area contributed by atoms with Gasteiger partial charge < -0.3 is 10.1 Å². The van der Waals surface area contributed by atoms with Crippen LogP contribution in [-0.2, 0) is 16.4 Å². The van der Waals surface area contributed by atoms with Gasteiger partial charge >= 0.3 is 0 Å². The maximum atomic E-state index is 11.2. The quantitative estimate of drug-likeness (QED) is 0.844. The fraction of sp³-hybridized carbons (Fsp3) is 0.333. The zero-order valence-electron chi connectivity index (χ0n) is 13.8. The number of ether oxygens (including phenoxy) is 1. The lowest BCUT2D eigenvalue weighted by atomic mass is 10.1. The Bertz CT molecular complexity index is 778. The summed E-state index contributed by atoms with van der Waals surface area (Å²) in [6, 6.07) is 15.7. The van der Waals surface area contributed by atoms with Crippen LogP contribution >= 0.6 is 0 Å². The zero-order valence-corrected chi connectivity index (χ0v) is 14.6. The van der Waals surface area contributed by atoms with Gasteiger partial charge in [0.25, 0.3) is 0 Å². The van der Waals surface area contributed by atoms with Crippen LogP contribution in [0.25, 0.3) is 0 Å². The molecule has 128 valence electrons. The van der Waals surface area contributed by atoms with E-state index < -0.39 is 10.0 Å². The predicted molar refractivity (Wildman–Crippen MR) is 95.9 cm³/mol. The first kappa shape index (κ1) is 16.8. The van der Waals surface area contributed by atoms with Crippen LogP contribution in [-0.4, -0.2) is 27.3 Å². The number of para-hydroxylation sites is 1. The predicted octanol–water partition coefficient (Wildman–Crippen LogP) is 2.71. The summed E-state index contributed by atoms with van der Waals surface area (Å²) in [5, 5.41) is 3.48. The maximum absolute atomic E-state index is 11.2. The first-order valence-electron chi connectivity index (χ1n) is 7.96. The molecule has 3 rings (SSSR count). The SMILES string of the molecule is C[C@@H](NC[C@H]1Cc2ccccc2O1)c1ccc(NS(C)(=O)=O)cc1. The van der Waals surface area contributed by atoms with E-state index in [1.807, 2.05) is 30.3 Å². The molecule has 1 heterocycles. The van der Waals surface area contributed by atoms with E-state index in [1.54, 1.807) is 12.1 Å². The van der Waals surface area contributed by atoms with Crippen molar-refractivity contribution >= 4 is 15.7 Å². The van der Waals surface area contributed by atoms with Crippen molar-refractivity contribution in [3.8, 4) is 5.75 Å². The molecule has 24 heavy (non-hydrogen) atoms. The van der Waals surface area contributed by atoms with E-state index >= 15 is 0 Å². The van der Waals surface area contributed by atoms with Crippen molar-refractivity contribution in [2.75, 3.05) is 17.5 Å². The standard InChI is InChI=1S/C18H22N2O3S/c1-13(14-7-9-16(10-8-14)20-24(2,21)22)19-12-17-11-15-5-3-4-6-18(15)23-17/h3-10,13,17,19-20H,11-12H2,1-2H3/t13-,17-/m1/s1. The number of rotatable bonds is 6. The minimum Gasteiger partial charge on any atom is -0.488 e. The Balaban J connectivity index is 1.53. The Morgan fingerprint density at radius 2 is 1.88 bits per heavy atom. The number of hydrogen-bond acceptors (Lipinski definition) is 4. The summed E-state index contributed by atoms with van der Waals surface area (Å²) in [6.07, 6.45) is 2.22. The molecule has 0 aliphatic carbocycles. The van der Waals surface area contributed by atoms with Gasteiger partial charge in [0.15, 0.2) is 0 Å². The van der Waals surface area contributed by atoms with Gasteiger partial charge in [-0.3, -0.25) is 4.72 Å². The number of anilines is 1. The molecule has 1 aliphatic heterocycles. The van der Waals surface area contributed by atoms with Crippen LogP contribution in [0.5, 0.6) is 5.75 Å². The second-order valence-corrected chi connectivity index (χ2v) is 7.93. The summed E-state index contributed by atoms with van der Waals surface area (Å²) in [7, 11) is -3.24. The molecule has 0 saturated heterocycles. The molecule has 2 atom stereocenters. The van der Waals surface area contributed by atoms with Gasteiger partial charge in [-0.25, -0.2) is 8.42 Å². The van der Waals surface area contributed by atoms with Gasteiger partial charge in [-0.05, 0) is 36.2 Å². The van der Waals surface area contributed by atoms with Gasteiger partial charge in [-0.15, -0.1) is 0 Å². The Hall–Kier alpha value is -2.05. The van der Waals surface area contributed by atoms with Gasteiger partial charge in [-0.1, -0.05) is 30.3 Å². The van der Waals surface area contributed by atoms with Crippen molar-refractivity contribution < 1.29 is 13.2 Å². The van der Waals surface area contributed by atoms with Crippen molar-refractivity contribution in [1.82, 2.24) is 5.32 Å². The molecule has 0 amide bonds. The second kappa shape index (κ2) is 6.83. The van der Waals surface area contributed by atoms with E-state index in [9.17, 15) is 8.42 Å². The van der Waals surface area contributed by atoms with Gasteiger partial charge in [0.1, 0.15) is 11.9 Å². The molecule has 0 radical (unpaired) electrons. The zero-order chi connectivity index (χ0) is 17.2. The lowest BCUT2D eigenvalue weighted by Gasteiger charge is -2.18. The summed E-state index contributed by atoms with van der Waals surface area (Å²) in [5.74, 6) is 0.980. The average molecular weight is 346 g/mol. The topological polar surface area (TPSA) is 67.4 Å². The smallest absolute Gasteiger partial charge is 0.229 e. The molecule has 2 aromatic rings. The highest BCUT2D eigenvalue weighted by molar-refractivity contribution is 7.92. The van der Waals surface area contributed by atoms with Crippen molar-refractivity contribution in [2.45, 2.75) is 25.5 Å². The Labute approximate surface area is 143 Å². The minimum absolute atomic E-state index is 0.149. The third-order valence-electron chi connectivity index (χ3n) is 4.08. The normalized spacial score (nSPS) is 17.8. The van der Waals surface area contributed by atoms with Crippen molar-refractivity contribution in [2.24, 2.45) is 0 Å². The molecule has 5 nitrogen and oxygen atoms in total. The highest BCUT2D eigenvalue weighted by Gasteiger charge is 2.22. The number of sulfonamides is 1. The van der Waals surface area contributed by atoms with Crippen LogP contribution in [0.3, 0.4) is 0 Å². The first-order valence-corrected chi connectivity index (χ1v) is 9.85. The molecular weight excluding hydrogens is 324 g/mol. The Morgan fingerprint density at radius 3 is 2.54 bits per heavy atom. The molecule has 0 saturated carbocycles. The highest BCUT2D eigenvalue weighted by atomic mass is 32.2. The van der Waals surface area contributed by atoms with Crippen molar-refractivity contribution in [3.05, 3.63) is 59.7 Å². The summed E-state index contributed by atoms with van der Waals surface area (Å²) in [6.45, 7) is 2.85. The van der Waals surface area contributed by atoms with Gasteiger partial charge in [-0.2, -0.15) is 0 Å². The molecule has 0 aromatic heterocycles. The maximum Gasteiger partial charge on any atom is 0.229 e. The molecule has 6 heteroatoms. The summed E-state index contributed by atoms with van der Waals surface area (Å²) in [5.41, 5.74) is 2.93. The molecule has 0 bridgehead atoms. The number of benzene rings is 2. The van der Waals surface area contributed by atoms with Crippen LogP contribution < -0.4 is 14.8 Å². The van der Waals surface area contributed by atoms with E-state index in [-0.39, 0.29) is 12.1 Å². The summed E-state index contributed by atoms with van der Waals surface area (Å²) >= 11 is 0. The van der Waals surface area contributed by atoms with Crippen LogP contribution in [0.15, 0.2) is 48.5 Å². The third-order valence-corrected chi connectivity index (χ3v) is 4.69. The van der Waals surface area contributed by atoms with E-state index in [4.69, 9.17) is 4.74 Å². The van der Waals surface area contributed by atoms with Gasteiger partial charge in [0, 0.05) is 24.7 Å². The Morgan fingerprint density at radius 1 is 1.17 bits per heavy atom. The van der Waals surface area contributed by atoms with Gasteiger partial charge in [0.05, 0.1) is 6.26 Å². The second-order valence-electron chi connectivity index (χ2n) is 6.18. The third kappa shape index (κ3) is 4.27. The van der Waals surface area contributed by atoms with E-state index in [1.165, 1.54) is 5.56 Å². The molecule has 0 unspecified atom stereocenters. The molecule has 0 fully saturated rings. The Kier molecular flexibility index (Phi) is 4.78. The fourth-order valence-corrected chi connectivity index (χ4v) is 3.41. The van der Waals surface area contributed by atoms with Crippen LogP contribution in [0.4, 0.5) is 5.69 Å². The monoisotopic (exact) mass is 346 g/mol. The molecular formula is C18H22N2O3S. The van der Waals surface area contributed by atoms with Crippen LogP contribution in [0.2, 0.25) is 0 Å². The number of fused-ring (bicyclic) bond motifs is 1. The van der Waals surface area contributed by atoms with E-state index in [2.05, 4.69) is 23.0 Å². The minimum atomic E-state index is -3.24. The van der Waals surface area contributed by atoms with Crippen LogP contribution in [0.1, 0.15) is 24.1 Å². The van der Waals surface area contributed by atoms with Crippen molar-refractivity contribution in [1.29, 1.82) is 0 Å². The molecule has 1 aliphatic rings. The number of hydrogen-bond donors (Lipinski definition) is 2. The lowest BCUT2D eigenvalue weighted by molar-refractivity contribution is 0.222. The average Bonchev–Trinajstić information content (AvgIpc) is 2.94. The summed E-state index contributed by atoms with van der Waals surface area (Å²) < 4.78 is 30.8. The molecule has 2 N–H and O–H groups in total. The largest absolute Gasteiger partial charge is 0.488 e. The molecule has 2 aromatic carbocycles. The summed E-state index contributed by atoms with van der Waals surface area (Å²) in [4.78, 5) is 0. The fourth-order valence-electron chi connectivity index (χ4n) is 2.85. The van der Waals surface area contributed by atoms with Crippen molar-refractivity contribution in [3.63, 3.8) is 0 Å². The van der Waals surface area contributed by atoms with E-state index in [0.717, 1.165) is 30.5 Å².